The van der Waals surface area contributed by atoms with Gasteiger partial charge in [-0.15, -0.1) is 0 Å². The molecule has 1 aliphatic carbocycles. The fourth-order valence-corrected chi connectivity index (χ4v) is 4.91. The Hall–Kier alpha value is -4.89. The summed E-state index contributed by atoms with van der Waals surface area (Å²) in [6.45, 7) is 11.9. The van der Waals surface area contributed by atoms with Crippen LogP contribution in [0.4, 0.5) is 0 Å². The van der Waals surface area contributed by atoms with Crippen LogP contribution in [0, 0.1) is 0 Å². The molecule has 9 nitrogen and oxygen atoms in total. The number of hydrogen-bond donors (Lipinski definition) is 1. The summed E-state index contributed by atoms with van der Waals surface area (Å²) in [5.74, 6) is 0.256. The molecular formula is C36H38O9. The van der Waals surface area contributed by atoms with Crippen molar-refractivity contribution in [1.82, 2.24) is 0 Å². The van der Waals surface area contributed by atoms with Crippen LogP contribution in [0.2, 0.25) is 0 Å². The Labute approximate surface area is 263 Å². The van der Waals surface area contributed by atoms with Crippen molar-refractivity contribution in [2.45, 2.75) is 38.5 Å². The van der Waals surface area contributed by atoms with E-state index >= 15 is 0 Å². The van der Waals surface area contributed by atoms with Crippen LogP contribution in [0.5, 0.6) is 17.2 Å². The van der Waals surface area contributed by atoms with E-state index in [0.717, 1.165) is 34.1 Å². The zero-order chi connectivity index (χ0) is 32.4. The molecule has 45 heavy (non-hydrogen) atoms. The first kappa shape index (κ1) is 33.0. The molecule has 1 N–H and O–H groups in total. The van der Waals surface area contributed by atoms with Crippen molar-refractivity contribution in [3.05, 3.63) is 102 Å². The van der Waals surface area contributed by atoms with Crippen LogP contribution in [-0.4, -0.2) is 56.0 Å². The lowest BCUT2D eigenvalue weighted by atomic mass is 9.82. The maximum Gasteiger partial charge on any atom is 0.343 e. The molecule has 3 aromatic carbocycles. The van der Waals surface area contributed by atoms with Gasteiger partial charge in [0.2, 0.25) is 0 Å². The van der Waals surface area contributed by atoms with E-state index in [1.807, 2.05) is 30.3 Å². The first-order valence-corrected chi connectivity index (χ1v) is 14.8. The normalized spacial score (nSPS) is 12.3. The van der Waals surface area contributed by atoms with Gasteiger partial charge in [-0.25, -0.2) is 14.4 Å². The van der Waals surface area contributed by atoms with Gasteiger partial charge in [0.15, 0.2) is 0 Å². The van der Waals surface area contributed by atoms with E-state index in [-0.39, 0.29) is 24.2 Å². The van der Waals surface area contributed by atoms with Crippen LogP contribution >= 0.6 is 0 Å². The van der Waals surface area contributed by atoms with Crippen LogP contribution in [0.3, 0.4) is 0 Å². The summed E-state index contributed by atoms with van der Waals surface area (Å²) in [6.07, 6.45) is 2.96. The largest absolute Gasteiger partial charge is 0.494 e. The quantitative estimate of drug-likeness (QED) is 0.0902. The Morgan fingerprint density at radius 2 is 1.31 bits per heavy atom. The number of aliphatic hydroxyl groups excluding tert-OH is 1. The molecule has 0 amide bonds. The zero-order valence-electron chi connectivity index (χ0n) is 25.6. The van der Waals surface area contributed by atoms with Gasteiger partial charge in [0.25, 0.3) is 0 Å². The van der Waals surface area contributed by atoms with Gasteiger partial charge in [0, 0.05) is 17.9 Å². The number of hydrogen-bond acceptors (Lipinski definition) is 9. The molecule has 0 aromatic heterocycles. The Morgan fingerprint density at radius 1 is 0.756 bits per heavy atom. The van der Waals surface area contributed by atoms with Gasteiger partial charge in [0.05, 0.1) is 44.2 Å². The van der Waals surface area contributed by atoms with Gasteiger partial charge < -0.3 is 28.8 Å². The SMILES string of the molecule is C=CC(=O)OCCCOc1ccc(C(=O)Oc2ccc3c(c2)C(C)(C)c2cc(OCCCCOC(=O)C(=C)CO)ccc2-3)cc1. The predicted molar refractivity (Wildman–Crippen MR) is 169 cm³/mol. The lowest BCUT2D eigenvalue weighted by Gasteiger charge is -2.22. The lowest BCUT2D eigenvalue weighted by molar-refractivity contribution is -0.140. The van der Waals surface area contributed by atoms with Crippen LogP contribution in [0.25, 0.3) is 11.1 Å². The molecule has 0 fully saturated rings. The predicted octanol–water partition coefficient (Wildman–Crippen LogP) is 5.96. The number of benzene rings is 3. The number of esters is 3. The van der Waals surface area contributed by atoms with Crippen LogP contribution in [0.1, 0.15) is 54.6 Å². The third kappa shape index (κ3) is 8.39. The van der Waals surface area contributed by atoms with Crippen LogP contribution in [-0.2, 0) is 24.5 Å². The molecule has 0 aliphatic heterocycles. The van der Waals surface area contributed by atoms with Gasteiger partial charge in [-0.05, 0) is 83.6 Å². The summed E-state index contributed by atoms with van der Waals surface area (Å²) in [4.78, 5) is 35.5. The second-order valence-corrected chi connectivity index (χ2v) is 11.0. The van der Waals surface area contributed by atoms with Crippen molar-refractivity contribution in [3.8, 4) is 28.4 Å². The molecule has 3 aromatic rings. The smallest absolute Gasteiger partial charge is 0.343 e. The van der Waals surface area contributed by atoms with E-state index in [2.05, 4.69) is 27.0 Å². The fraction of sp³-hybridized carbons (Fsp3) is 0.306. The van der Waals surface area contributed by atoms with E-state index in [1.165, 1.54) is 0 Å². The van der Waals surface area contributed by atoms with Crippen molar-refractivity contribution < 1.29 is 43.2 Å². The number of ether oxygens (including phenoxy) is 5. The van der Waals surface area contributed by atoms with Crippen molar-refractivity contribution in [2.24, 2.45) is 0 Å². The summed E-state index contributed by atoms with van der Waals surface area (Å²) in [5.41, 5.74) is 4.42. The average molecular weight is 615 g/mol. The highest BCUT2D eigenvalue weighted by Gasteiger charge is 2.36. The van der Waals surface area contributed by atoms with Gasteiger partial charge in [-0.2, -0.15) is 0 Å². The number of unbranched alkanes of at least 4 members (excludes halogenated alkanes) is 1. The summed E-state index contributed by atoms with van der Waals surface area (Å²) < 4.78 is 27.3. The highest BCUT2D eigenvalue weighted by Crippen LogP contribution is 2.50. The van der Waals surface area contributed by atoms with E-state index in [0.29, 0.717) is 49.5 Å². The van der Waals surface area contributed by atoms with E-state index in [9.17, 15) is 14.4 Å². The molecule has 0 radical (unpaired) electrons. The van der Waals surface area contributed by atoms with Crippen LogP contribution < -0.4 is 14.2 Å². The summed E-state index contributed by atoms with van der Waals surface area (Å²) in [6, 6.07) is 18.4. The monoisotopic (exact) mass is 614 g/mol. The van der Waals surface area contributed by atoms with Crippen molar-refractivity contribution in [3.63, 3.8) is 0 Å². The average Bonchev–Trinajstić information content (AvgIpc) is 3.27. The number of carbonyl (C=O) groups is 3. The Morgan fingerprint density at radius 3 is 1.98 bits per heavy atom. The molecule has 0 unspecified atom stereocenters. The van der Waals surface area contributed by atoms with Gasteiger partial charge in [-0.1, -0.05) is 39.1 Å². The van der Waals surface area contributed by atoms with E-state index < -0.39 is 24.5 Å². The molecule has 0 bridgehead atoms. The summed E-state index contributed by atoms with van der Waals surface area (Å²) in [5, 5.41) is 8.92. The third-order valence-corrected chi connectivity index (χ3v) is 7.41. The topological polar surface area (TPSA) is 118 Å². The molecule has 0 saturated heterocycles. The Balaban J connectivity index is 1.30. The second-order valence-electron chi connectivity index (χ2n) is 11.0. The van der Waals surface area contributed by atoms with Gasteiger partial charge >= 0.3 is 17.9 Å². The second kappa shape index (κ2) is 15.2. The minimum Gasteiger partial charge on any atom is -0.494 e. The maximum atomic E-state index is 12.9. The van der Waals surface area contributed by atoms with E-state index in [4.69, 9.17) is 28.8 Å². The highest BCUT2D eigenvalue weighted by atomic mass is 16.5. The number of fused-ring (bicyclic) bond motifs is 3. The molecule has 0 atom stereocenters. The molecule has 0 heterocycles. The lowest BCUT2D eigenvalue weighted by Crippen LogP contribution is -2.16. The first-order valence-electron chi connectivity index (χ1n) is 14.8. The fourth-order valence-electron chi connectivity index (χ4n) is 4.91. The molecule has 1 aliphatic rings. The maximum absolute atomic E-state index is 12.9. The summed E-state index contributed by atoms with van der Waals surface area (Å²) in [7, 11) is 0. The molecular weight excluding hydrogens is 576 g/mol. The standard InChI is InChI=1S/C36H38O9/c1-5-33(38)43-20-8-19-41-26-11-9-25(10-12-26)35(40)45-28-14-16-30-29-15-13-27(21-31(29)36(3,4)32(30)22-28)42-17-6-7-18-44-34(39)24(2)23-37/h5,9-16,21-22,37H,1-2,6-8,17-20,23H2,3-4H3. The van der Waals surface area contributed by atoms with Crippen molar-refractivity contribution >= 4 is 17.9 Å². The Kier molecular flexibility index (Phi) is 11.2. The molecule has 4 rings (SSSR count). The first-order chi connectivity index (χ1) is 21.6. The third-order valence-electron chi connectivity index (χ3n) is 7.41. The number of carbonyl (C=O) groups excluding carboxylic acids is 3. The zero-order valence-corrected chi connectivity index (χ0v) is 25.6. The van der Waals surface area contributed by atoms with Crippen LogP contribution in [0.15, 0.2) is 85.5 Å². The summed E-state index contributed by atoms with van der Waals surface area (Å²) >= 11 is 0. The van der Waals surface area contributed by atoms with Gasteiger partial charge in [0.1, 0.15) is 17.2 Å². The molecule has 9 heteroatoms. The highest BCUT2D eigenvalue weighted by molar-refractivity contribution is 5.91. The Bertz CT molecular complexity index is 1550. The van der Waals surface area contributed by atoms with Crippen molar-refractivity contribution in [2.75, 3.05) is 33.0 Å². The minimum atomic E-state index is -0.587. The molecule has 236 valence electrons. The number of aliphatic hydroxyl groups is 1. The molecule has 0 spiro atoms. The van der Waals surface area contributed by atoms with E-state index in [1.54, 1.807) is 30.3 Å². The van der Waals surface area contributed by atoms with Crippen molar-refractivity contribution in [1.29, 1.82) is 0 Å². The molecule has 0 saturated carbocycles. The minimum absolute atomic E-state index is 0.0368. The number of rotatable bonds is 16. The van der Waals surface area contributed by atoms with Gasteiger partial charge in [-0.3, -0.25) is 0 Å².